The zero-order valence-corrected chi connectivity index (χ0v) is 22.9. The Morgan fingerprint density at radius 2 is 1.34 bits per heavy atom. The second kappa shape index (κ2) is 13.6. The highest BCUT2D eigenvalue weighted by Crippen LogP contribution is 2.33. The van der Waals surface area contributed by atoms with Gasteiger partial charge in [-0.1, -0.05) is 78.9 Å². The monoisotopic (exact) mass is 549 g/mol. The maximum Gasteiger partial charge on any atom is 0.323 e. The molecule has 3 N–H and O–H groups in total. The Labute approximate surface area is 240 Å². The van der Waals surface area contributed by atoms with Crippen molar-refractivity contribution in [1.29, 1.82) is 0 Å². The topological polar surface area (TPSA) is 90.9 Å². The van der Waals surface area contributed by atoms with E-state index in [1.165, 1.54) is 0 Å². The Kier molecular flexibility index (Phi) is 9.29. The van der Waals surface area contributed by atoms with Crippen molar-refractivity contribution in [1.82, 2.24) is 4.90 Å². The van der Waals surface area contributed by atoms with Gasteiger partial charge in [-0.05, 0) is 66.6 Å². The number of urea groups is 1. The third-order valence-electron chi connectivity index (χ3n) is 7.39. The Balaban J connectivity index is 1.44. The minimum atomic E-state index is -0.431. The molecule has 0 aromatic heterocycles. The van der Waals surface area contributed by atoms with Crippen LogP contribution in [0.15, 0.2) is 109 Å². The largest absolute Gasteiger partial charge is 0.480 e. The Hall–Kier alpha value is -4.62. The predicted molar refractivity (Wildman–Crippen MR) is 161 cm³/mol. The van der Waals surface area contributed by atoms with Crippen molar-refractivity contribution < 1.29 is 19.4 Å². The van der Waals surface area contributed by atoms with Crippen LogP contribution in [0.4, 0.5) is 16.2 Å². The summed E-state index contributed by atoms with van der Waals surface area (Å²) in [5.74, 6) is 0.712. The Bertz CT molecular complexity index is 1380. The molecular formula is C34H35N3O4. The molecule has 4 aromatic rings. The summed E-state index contributed by atoms with van der Waals surface area (Å²) in [4.78, 5) is 28.5. The average molecular weight is 550 g/mol. The molecule has 0 radical (unpaired) electrons. The summed E-state index contributed by atoms with van der Waals surface area (Å²) in [6.45, 7) is 1.38. The third-order valence-corrected chi connectivity index (χ3v) is 7.39. The summed E-state index contributed by atoms with van der Waals surface area (Å²) in [6.07, 6.45) is 2.01. The zero-order chi connectivity index (χ0) is 28.4. The van der Waals surface area contributed by atoms with E-state index < -0.39 is 12.1 Å². The fraction of sp³-hybridized carbons (Fsp3) is 0.235. The van der Waals surface area contributed by atoms with E-state index in [0.29, 0.717) is 41.7 Å². The van der Waals surface area contributed by atoms with Gasteiger partial charge in [-0.2, -0.15) is 0 Å². The molecule has 0 bridgehead atoms. The van der Waals surface area contributed by atoms with Crippen LogP contribution in [-0.2, 0) is 0 Å². The SMILES string of the molecule is O=C(Nc1ccccc1)Nc1ccc(OC(c2ccccc2)c2ccccc2)c(C(=O)N2CCC(CCO)CC2)c1. The molecule has 1 saturated heterocycles. The number of nitrogens with zero attached hydrogens (tertiary/aromatic N) is 1. The van der Waals surface area contributed by atoms with Gasteiger partial charge >= 0.3 is 6.03 Å². The van der Waals surface area contributed by atoms with Gasteiger partial charge in [0.25, 0.3) is 5.91 Å². The number of ether oxygens (including phenoxy) is 1. The number of piperidine rings is 1. The van der Waals surface area contributed by atoms with Crippen LogP contribution in [-0.4, -0.2) is 41.6 Å². The number of anilines is 2. The third kappa shape index (κ3) is 7.32. The number of carbonyl (C=O) groups is 2. The second-order valence-electron chi connectivity index (χ2n) is 10.2. The molecule has 5 rings (SSSR count). The second-order valence-corrected chi connectivity index (χ2v) is 10.2. The van der Waals surface area contributed by atoms with Gasteiger partial charge in [0.2, 0.25) is 0 Å². The molecule has 1 fully saturated rings. The number of rotatable bonds is 9. The van der Waals surface area contributed by atoms with Crippen LogP contribution in [0.2, 0.25) is 0 Å². The molecule has 7 heteroatoms. The molecule has 3 amide bonds. The Morgan fingerprint density at radius 1 is 0.780 bits per heavy atom. The summed E-state index contributed by atoms with van der Waals surface area (Å²) in [7, 11) is 0. The number of aliphatic hydroxyl groups excluding tert-OH is 1. The number of likely N-dealkylation sites (tertiary alicyclic amines) is 1. The van der Waals surface area contributed by atoms with Crippen molar-refractivity contribution in [2.75, 3.05) is 30.3 Å². The predicted octanol–water partition coefficient (Wildman–Crippen LogP) is 6.73. The van der Waals surface area contributed by atoms with E-state index in [1.54, 1.807) is 30.3 Å². The molecule has 1 aliphatic rings. The highest BCUT2D eigenvalue weighted by Gasteiger charge is 2.27. The molecule has 7 nitrogen and oxygen atoms in total. The molecular weight excluding hydrogens is 514 g/mol. The lowest BCUT2D eigenvalue weighted by Crippen LogP contribution is -2.39. The first kappa shape index (κ1) is 27.9. The fourth-order valence-electron chi connectivity index (χ4n) is 5.18. The molecule has 0 spiro atoms. The van der Waals surface area contributed by atoms with Crippen molar-refractivity contribution >= 4 is 23.3 Å². The van der Waals surface area contributed by atoms with Crippen LogP contribution in [0.5, 0.6) is 5.75 Å². The summed E-state index contributed by atoms with van der Waals surface area (Å²) in [5, 5.41) is 15.0. The van der Waals surface area contributed by atoms with E-state index in [1.807, 2.05) is 83.8 Å². The number of amides is 3. The molecule has 1 aliphatic heterocycles. The van der Waals surface area contributed by atoms with Crippen molar-refractivity contribution in [2.45, 2.75) is 25.4 Å². The van der Waals surface area contributed by atoms with Crippen LogP contribution in [0, 0.1) is 5.92 Å². The highest BCUT2D eigenvalue weighted by molar-refractivity contribution is 6.02. The number of aliphatic hydroxyl groups is 1. The average Bonchev–Trinajstić information content (AvgIpc) is 3.02. The summed E-state index contributed by atoms with van der Waals surface area (Å²) < 4.78 is 6.64. The van der Waals surface area contributed by atoms with Gasteiger partial charge in [-0.25, -0.2) is 4.79 Å². The van der Waals surface area contributed by atoms with Gasteiger partial charge < -0.3 is 25.4 Å². The lowest BCUT2D eigenvalue weighted by atomic mass is 9.93. The molecule has 0 atom stereocenters. The van der Waals surface area contributed by atoms with Crippen LogP contribution in [0.3, 0.4) is 0 Å². The molecule has 4 aromatic carbocycles. The first-order valence-corrected chi connectivity index (χ1v) is 14.0. The quantitative estimate of drug-likeness (QED) is 0.216. The molecule has 1 heterocycles. The normalized spacial score (nSPS) is 13.6. The first-order valence-electron chi connectivity index (χ1n) is 14.0. The maximum absolute atomic E-state index is 13.9. The molecule has 0 aliphatic carbocycles. The molecule has 210 valence electrons. The van der Waals surface area contributed by atoms with Gasteiger partial charge in [0.15, 0.2) is 0 Å². The number of nitrogens with one attached hydrogen (secondary N) is 2. The van der Waals surface area contributed by atoms with Gasteiger partial charge in [0.05, 0.1) is 5.56 Å². The molecule has 41 heavy (non-hydrogen) atoms. The van der Waals surface area contributed by atoms with Crippen LogP contribution in [0.25, 0.3) is 0 Å². The number of para-hydroxylation sites is 1. The van der Waals surface area contributed by atoms with E-state index >= 15 is 0 Å². The van der Waals surface area contributed by atoms with Crippen LogP contribution >= 0.6 is 0 Å². The van der Waals surface area contributed by atoms with E-state index in [4.69, 9.17) is 4.74 Å². The van der Waals surface area contributed by atoms with Gasteiger partial charge in [-0.3, -0.25) is 4.79 Å². The smallest absolute Gasteiger partial charge is 0.323 e. The van der Waals surface area contributed by atoms with E-state index in [9.17, 15) is 14.7 Å². The van der Waals surface area contributed by atoms with E-state index in [0.717, 1.165) is 30.4 Å². The minimum absolute atomic E-state index is 0.144. The van der Waals surface area contributed by atoms with E-state index in [2.05, 4.69) is 10.6 Å². The summed E-state index contributed by atoms with van der Waals surface area (Å²) in [6, 6.07) is 33.8. The van der Waals surface area contributed by atoms with Crippen molar-refractivity contribution in [3.05, 3.63) is 126 Å². The standard InChI is InChI=1S/C34H35N3O4/c38-23-20-25-18-21-37(22-19-25)33(39)30-24-29(36-34(40)35-28-14-8-3-9-15-28)16-17-31(30)41-32(26-10-4-1-5-11-26)27-12-6-2-7-13-27/h1-17,24-25,32,38H,18-23H2,(H2,35,36,40). The van der Waals surface area contributed by atoms with Crippen LogP contribution < -0.4 is 15.4 Å². The van der Waals surface area contributed by atoms with Gasteiger partial charge in [0.1, 0.15) is 11.9 Å². The fourth-order valence-corrected chi connectivity index (χ4v) is 5.18. The summed E-state index contributed by atoms with van der Waals surface area (Å²) in [5.41, 5.74) is 3.47. The minimum Gasteiger partial charge on any atom is -0.480 e. The molecule has 0 saturated carbocycles. The lowest BCUT2D eigenvalue weighted by Gasteiger charge is -2.32. The first-order chi connectivity index (χ1) is 20.1. The van der Waals surface area contributed by atoms with Crippen LogP contribution in [0.1, 0.15) is 46.9 Å². The lowest BCUT2D eigenvalue weighted by molar-refractivity contribution is 0.0672. The highest BCUT2D eigenvalue weighted by atomic mass is 16.5. The number of hydrogen-bond donors (Lipinski definition) is 3. The zero-order valence-electron chi connectivity index (χ0n) is 22.9. The number of carbonyl (C=O) groups excluding carboxylic acids is 2. The van der Waals surface area contributed by atoms with Crippen molar-refractivity contribution in [3.8, 4) is 5.75 Å². The van der Waals surface area contributed by atoms with E-state index in [-0.39, 0.29) is 12.5 Å². The molecule has 0 unspecified atom stereocenters. The summed E-state index contributed by atoms with van der Waals surface area (Å²) >= 11 is 0. The van der Waals surface area contributed by atoms with Gasteiger partial charge in [-0.15, -0.1) is 0 Å². The number of benzene rings is 4. The van der Waals surface area contributed by atoms with Crippen molar-refractivity contribution in [2.24, 2.45) is 5.92 Å². The maximum atomic E-state index is 13.9. The van der Waals surface area contributed by atoms with Crippen molar-refractivity contribution in [3.63, 3.8) is 0 Å². The number of hydrogen-bond acceptors (Lipinski definition) is 4. The van der Waals surface area contributed by atoms with Gasteiger partial charge in [0, 0.05) is 31.1 Å². The Morgan fingerprint density at radius 3 is 1.93 bits per heavy atom.